The molecule has 0 unspecified atom stereocenters. The zero-order valence-electron chi connectivity index (χ0n) is 6.89. The van der Waals surface area contributed by atoms with Crippen molar-refractivity contribution >= 4 is 12.2 Å². The summed E-state index contributed by atoms with van der Waals surface area (Å²) in [6.45, 7) is 7.35. The van der Waals surface area contributed by atoms with Gasteiger partial charge in [0.1, 0.15) is 0 Å². The molecule has 3 heteroatoms. The number of hydrogen-bond donors (Lipinski definition) is 2. The fourth-order valence-corrected chi connectivity index (χ4v) is 1.34. The van der Waals surface area contributed by atoms with E-state index in [9.17, 15) is 0 Å². The first-order valence-corrected chi connectivity index (χ1v) is 4.20. The normalized spacial score (nSPS) is 9.67. The van der Waals surface area contributed by atoms with Crippen LogP contribution in [0.4, 0.5) is 0 Å². The van der Waals surface area contributed by atoms with Crippen LogP contribution in [0.2, 0.25) is 0 Å². The topological polar surface area (TPSA) is 31.6 Å². The van der Waals surface area contributed by atoms with Gasteiger partial charge in [-0.1, -0.05) is 12.2 Å². The maximum absolute atomic E-state index is 4.97. The van der Waals surface area contributed by atoms with Gasteiger partial charge < -0.3 is 9.97 Å². The molecular formula is C9H12N2S. The van der Waals surface area contributed by atoms with Gasteiger partial charge in [-0.15, -0.1) is 13.2 Å². The summed E-state index contributed by atoms with van der Waals surface area (Å²) in [6, 6.07) is 0. The Morgan fingerprint density at radius 2 is 1.50 bits per heavy atom. The third-order valence-corrected chi connectivity index (χ3v) is 1.79. The third kappa shape index (κ3) is 1.95. The number of imidazole rings is 1. The first kappa shape index (κ1) is 9.00. The molecule has 0 radical (unpaired) electrons. The van der Waals surface area contributed by atoms with Crippen molar-refractivity contribution in [2.75, 3.05) is 0 Å². The minimum atomic E-state index is 0.670. The lowest BCUT2D eigenvalue weighted by Gasteiger charge is -1.94. The lowest BCUT2D eigenvalue weighted by atomic mass is 10.2. The third-order valence-electron chi connectivity index (χ3n) is 1.59. The molecule has 12 heavy (non-hydrogen) atoms. The summed E-state index contributed by atoms with van der Waals surface area (Å²) in [6.07, 6.45) is 5.33. The van der Waals surface area contributed by atoms with Crippen molar-refractivity contribution in [3.63, 3.8) is 0 Å². The van der Waals surface area contributed by atoms with Crippen LogP contribution in [0.25, 0.3) is 0 Å². The maximum Gasteiger partial charge on any atom is 0.174 e. The van der Waals surface area contributed by atoms with Crippen LogP contribution in [-0.4, -0.2) is 9.97 Å². The number of hydrogen-bond acceptors (Lipinski definition) is 1. The van der Waals surface area contributed by atoms with Crippen LogP contribution in [-0.2, 0) is 12.8 Å². The Labute approximate surface area is 77.0 Å². The molecular weight excluding hydrogens is 168 g/mol. The monoisotopic (exact) mass is 180 g/mol. The van der Waals surface area contributed by atoms with Gasteiger partial charge in [0.15, 0.2) is 4.77 Å². The molecule has 0 bridgehead atoms. The average Bonchev–Trinajstić information content (AvgIpc) is 2.33. The first-order chi connectivity index (χ1) is 5.77. The van der Waals surface area contributed by atoms with Gasteiger partial charge in [-0.3, -0.25) is 0 Å². The zero-order chi connectivity index (χ0) is 8.97. The highest BCUT2D eigenvalue weighted by atomic mass is 32.1. The molecule has 0 aliphatic heterocycles. The van der Waals surface area contributed by atoms with Gasteiger partial charge >= 0.3 is 0 Å². The highest BCUT2D eigenvalue weighted by molar-refractivity contribution is 7.71. The van der Waals surface area contributed by atoms with E-state index in [1.54, 1.807) is 0 Å². The Balaban J connectivity index is 2.98. The SMILES string of the molecule is C=CCc1[nH]c(=S)[nH]c1CC=C. The molecule has 0 aliphatic rings. The Bertz CT molecular complexity index is 302. The van der Waals surface area contributed by atoms with Crippen molar-refractivity contribution < 1.29 is 0 Å². The van der Waals surface area contributed by atoms with Crippen molar-refractivity contribution in [2.24, 2.45) is 0 Å². The molecule has 0 atom stereocenters. The highest BCUT2D eigenvalue weighted by Gasteiger charge is 2.00. The molecule has 0 amide bonds. The summed E-state index contributed by atoms with van der Waals surface area (Å²) in [5.74, 6) is 0. The largest absolute Gasteiger partial charge is 0.334 e. The van der Waals surface area contributed by atoms with Gasteiger partial charge in [0.25, 0.3) is 0 Å². The molecule has 2 N–H and O–H groups in total. The number of aromatic nitrogens is 2. The molecule has 0 fully saturated rings. The van der Waals surface area contributed by atoms with Crippen LogP contribution in [0.3, 0.4) is 0 Å². The summed E-state index contributed by atoms with van der Waals surface area (Å²) in [4.78, 5) is 6.14. The summed E-state index contributed by atoms with van der Waals surface area (Å²) in [5, 5.41) is 0. The van der Waals surface area contributed by atoms with E-state index in [1.165, 1.54) is 0 Å². The van der Waals surface area contributed by atoms with Crippen LogP contribution < -0.4 is 0 Å². The molecule has 1 rings (SSSR count). The minimum Gasteiger partial charge on any atom is -0.334 e. The predicted molar refractivity (Wildman–Crippen MR) is 53.8 cm³/mol. The molecule has 1 aromatic heterocycles. The predicted octanol–water partition coefficient (Wildman–Crippen LogP) is 2.53. The molecule has 1 aromatic rings. The van der Waals surface area contributed by atoms with Crippen LogP contribution in [0, 0.1) is 4.77 Å². The van der Waals surface area contributed by atoms with Gasteiger partial charge in [-0.2, -0.15) is 0 Å². The van der Waals surface area contributed by atoms with Gasteiger partial charge in [0.05, 0.1) is 0 Å². The second-order valence-electron chi connectivity index (χ2n) is 2.52. The molecule has 1 heterocycles. The fraction of sp³-hybridized carbons (Fsp3) is 0.222. The first-order valence-electron chi connectivity index (χ1n) is 3.79. The van der Waals surface area contributed by atoms with Crippen molar-refractivity contribution in [3.05, 3.63) is 41.5 Å². The summed E-state index contributed by atoms with van der Waals surface area (Å²) >= 11 is 4.97. The number of aromatic amines is 2. The van der Waals surface area contributed by atoms with E-state index in [0.29, 0.717) is 4.77 Å². The quantitative estimate of drug-likeness (QED) is 0.541. The Kier molecular flexibility index (Phi) is 3.05. The van der Waals surface area contributed by atoms with Gasteiger partial charge in [0, 0.05) is 24.2 Å². The standard InChI is InChI=1S/C9H12N2S/c1-3-5-7-8(6-4-2)11-9(12)10-7/h3-4H,1-2,5-6H2,(H2,10,11,12). The minimum absolute atomic E-state index is 0.670. The van der Waals surface area contributed by atoms with E-state index in [4.69, 9.17) is 12.2 Å². The molecule has 64 valence electrons. The van der Waals surface area contributed by atoms with Crippen LogP contribution in [0.5, 0.6) is 0 Å². The van der Waals surface area contributed by atoms with Crippen molar-refractivity contribution in [3.8, 4) is 0 Å². The van der Waals surface area contributed by atoms with Gasteiger partial charge in [-0.25, -0.2) is 0 Å². The second-order valence-corrected chi connectivity index (χ2v) is 2.93. The van der Waals surface area contributed by atoms with E-state index >= 15 is 0 Å². The lowest BCUT2D eigenvalue weighted by Crippen LogP contribution is -1.89. The molecule has 0 aliphatic carbocycles. The zero-order valence-corrected chi connectivity index (χ0v) is 7.71. The van der Waals surface area contributed by atoms with E-state index in [0.717, 1.165) is 24.2 Å². The Morgan fingerprint density at radius 3 is 1.83 bits per heavy atom. The lowest BCUT2D eigenvalue weighted by molar-refractivity contribution is 1.07. The summed E-state index contributed by atoms with van der Waals surface area (Å²) in [7, 11) is 0. The highest BCUT2D eigenvalue weighted by Crippen LogP contribution is 2.06. The molecule has 0 saturated heterocycles. The van der Waals surface area contributed by atoms with Gasteiger partial charge in [-0.05, 0) is 12.2 Å². The summed E-state index contributed by atoms with van der Waals surface area (Å²) < 4.78 is 0.670. The molecule has 0 spiro atoms. The Hall–Kier alpha value is -1.09. The van der Waals surface area contributed by atoms with E-state index < -0.39 is 0 Å². The van der Waals surface area contributed by atoms with Crippen molar-refractivity contribution in [1.82, 2.24) is 9.97 Å². The number of H-pyrrole nitrogens is 2. The molecule has 0 aromatic carbocycles. The smallest absolute Gasteiger partial charge is 0.174 e. The van der Waals surface area contributed by atoms with Crippen LogP contribution in [0.1, 0.15) is 11.4 Å². The maximum atomic E-state index is 4.97. The van der Waals surface area contributed by atoms with E-state index in [2.05, 4.69) is 23.1 Å². The van der Waals surface area contributed by atoms with Crippen LogP contribution in [0.15, 0.2) is 25.3 Å². The van der Waals surface area contributed by atoms with Crippen molar-refractivity contribution in [2.45, 2.75) is 12.8 Å². The number of rotatable bonds is 4. The summed E-state index contributed by atoms with van der Waals surface area (Å²) in [5.41, 5.74) is 2.21. The Morgan fingerprint density at radius 1 is 1.08 bits per heavy atom. The van der Waals surface area contributed by atoms with Crippen LogP contribution >= 0.6 is 12.2 Å². The van der Waals surface area contributed by atoms with E-state index in [-0.39, 0.29) is 0 Å². The average molecular weight is 180 g/mol. The number of allylic oxidation sites excluding steroid dienone is 2. The fourth-order valence-electron chi connectivity index (χ4n) is 1.09. The van der Waals surface area contributed by atoms with Gasteiger partial charge in [0.2, 0.25) is 0 Å². The van der Waals surface area contributed by atoms with Crippen molar-refractivity contribution in [1.29, 1.82) is 0 Å². The second kappa shape index (κ2) is 4.07. The molecule has 2 nitrogen and oxygen atoms in total. The molecule has 0 saturated carbocycles. The van der Waals surface area contributed by atoms with E-state index in [1.807, 2.05) is 12.2 Å². The number of nitrogens with one attached hydrogen (secondary N) is 2.